The molecule has 2 heteroatoms. The maximum atomic E-state index is 10.9. The zero-order valence-corrected chi connectivity index (χ0v) is 11.9. The molecule has 1 aliphatic rings. The summed E-state index contributed by atoms with van der Waals surface area (Å²) in [5.41, 5.74) is 6.08. The van der Waals surface area contributed by atoms with Gasteiger partial charge in [-0.25, -0.2) is 0 Å². The quantitative estimate of drug-likeness (QED) is 0.901. The van der Waals surface area contributed by atoms with Crippen molar-refractivity contribution in [1.29, 1.82) is 0 Å². The molecular weight excluding hydrogens is 260 g/mol. The second-order valence-corrected chi connectivity index (χ2v) is 5.43. The molecule has 2 nitrogen and oxygen atoms in total. The van der Waals surface area contributed by atoms with Crippen LogP contribution >= 0.6 is 0 Å². The number of allylic oxidation sites excluding steroid dienone is 1. The summed E-state index contributed by atoms with van der Waals surface area (Å²) in [6.07, 6.45) is 5.07. The number of benzene rings is 2. The lowest BCUT2D eigenvalue weighted by atomic mass is 9.95. The van der Waals surface area contributed by atoms with E-state index in [1.807, 2.05) is 18.2 Å². The van der Waals surface area contributed by atoms with Crippen LogP contribution in [0.4, 0.5) is 0 Å². The zero-order valence-electron chi connectivity index (χ0n) is 11.9. The molecular formula is C19H18O2. The minimum absolute atomic E-state index is 0.120. The predicted molar refractivity (Wildman–Crippen MR) is 84.2 cm³/mol. The minimum atomic E-state index is -0.760. The Hall–Kier alpha value is -2.35. The van der Waals surface area contributed by atoms with Gasteiger partial charge in [-0.1, -0.05) is 54.6 Å². The van der Waals surface area contributed by atoms with Crippen LogP contribution in [0.3, 0.4) is 0 Å². The van der Waals surface area contributed by atoms with Gasteiger partial charge >= 0.3 is 5.97 Å². The fraction of sp³-hybridized carbons (Fsp3) is 0.211. The Kier molecular flexibility index (Phi) is 3.87. The van der Waals surface area contributed by atoms with Crippen LogP contribution in [0.1, 0.15) is 28.7 Å². The summed E-state index contributed by atoms with van der Waals surface area (Å²) in [4.78, 5) is 10.9. The van der Waals surface area contributed by atoms with Crippen LogP contribution in [0.5, 0.6) is 0 Å². The van der Waals surface area contributed by atoms with E-state index in [2.05, 4.69) is 36.4 Å². The number of aliphatic carboxylic acids is 1. The van der Waals surface area contributed by atoms with E-state index in [0.29, 0.717) is 0 Å². The molecule has 0 atom stereocenters. The number of hydrogen-bond donors (Lipinski definition) is 1. The van der Waals surface area contributed by atoms with Crippen molar-refractivity contribution in [3.8, 4) is 0 Å². The largest absolute Gasteiger partial charge is 0.481 e. The monoisotopic (exact) mass is 278 g/mol. The molecule has 0 saturated carbocycles. The highest BCUT2D eigenvalue weighted by Crippen LogP contribution is 2.32. The summed E-state index contributed by atoms with van der Waals surface area (Å²) in [5.74, 6) is -0.760. The fourth-order valence-electron chi connectivity index (χ4n) is 3.00. The Labute approximate surface area is 124 Å². The number of hydrogen-bond acceptors (Lipinski definition) is 1. The van der Waals surface area contributed by atoms with Gasteiger partial charge in [-0.15, -0.1) is 0 Å². The summed E-state index contributed by atoms with van der Waals surface area (Å²) in [7, 11) is 0. The normalized spacial score (nSPS) is 12.9. The maximum Gasteiger partial charge on any atom is 0.307 e. The van der Waals surface area contributed by atoms with Gasteiger partial charge in [0.15, 0.2) is 0 Å². The number of rotatable bonds is 5. The van der Waals surface area contributed by atoms with E-state index in [-0.39, 0.29) is 6.42 Å². The lowest BCUT2D eigenvalue weighted by Gasteiger charge is -2.10. The molecule has 0 unspecified atom stereocenters. The average Bonchev–Trinajstić information content (AvgIpc) is 2.89. The molecule has 3 rings (SSSR count). The molecule has 0 fully saturated rings. The van der Waals surface area contributed by atoms with Gasteiger partial charge in [0.25, 0.3) is 0 Å². The number of fused-ring (bicyclic) bond motifs is 1. The van der Waals surface area contributed by atoms with Gasteiger partial charge in [0, 0.05) is 0 Å². The summed E-state index contributed by atoms with van der Waals surface area (Å²) in [5, 5.41) is 8.98. The van der Waals surface area contributed by atoms with Crippen LogP contribution < -0.4 is 0 Å². The molecule has 2 aromatic rings. The van der Waals surface area contributed by atoms with E-state index >= 15 is 0 Å². The smallest absolute Gasteiger partial charge is 0.307 e. The fourth-order valence-corrected chi connectivity index (χ4v) is 3.00. The molecule has 0 aliphatic heterocycles. The molecule has 0 aromatic heterocycles. The summed E-state index contributed by atoms with van der Waals surface area (Å²) < 4.78 is 0. The molecule has 2 aromatic carbocycles. The third kappa shape index (κ3) is 3.05. The van der Waals surface area contributed by atoms with Gasteiger partial charge < -0.3 is 5.11 Å². The van der Waals surface area contributed by atoms with Crippen LogP contribution in [0.2, 0.25) is 0 Å². The van der Waals surface area contributed by atoms with Crippen LogP contribution in [-0.4, -0.2) is 11.1 Å². The van der Waals surface area contributed by atoms with E-state index < -0.39 is 5.97 Å². The third-order valence-electron chi connectivity index (χ3n) is 4.04. The van der Waals surface area contributed by atoms with Crippen molar-refractivity contribution in [1.82, 2.24) is 0 Å². The van der Waals surface area contributed by atoms with Crippen molar-refractivity contribution in [2.24, 2.45) is 0 Å². The van der Waals surface area contributed by atoms with E-state index in [0.717, 1.165) is 30.4 Å². The van der Waals surface area contributed by atoms with E-state index in [9.17, 15) is 4.79 Å². The number of carboxylic acids is 1. The molecule has 0 heterocycles. The number of aryl methyl sites for hydroxylation is 2. The van der Waals surface area contributed by atoms with E-state index in [1.54, 1.807) is 0 Å². The number of carbonyl (C=O) groups is 1. The summed E-state index contributed by atoms with van der Waals surface area (Å²) >= 11 is 0. The summed E-state index contributed by atoms with van der Waals surface area (Å²) in [6.45, 7) is 0. The van der Waals surface area contributed by atoms with Crippen LogP contribution in [0.25, 0.3) is 5.57 Å². The second-order valence-electron chi connectivity index (χ2n) is 5.43. The standard InChI is InChI=1S/C19H18O2/c20-19(21)13-16-11-12-18-15(7-4-8-17(16)18)10-9-14-5-2-1-3-6-14/h1-8,11H,9-10,12-13H2,(H,20,21). The molecule has 0 bridgehead atoms. The van der Waals surface area contributed by atoms with Gasteiger partial charge in [-0.05, 0) is 47.1 Å². The van der Waals surface area contributed by atoms with Crippen molar-refractivity contribution in [3.05, 3.63) is 76.9 Å². The Bertz CT molecular complexity index is 684. The Morgan fingerprint density at radius 1 is 1.00 bits per heavy atom. The van der Waals surface area contributed by atoms with Crippen molar-refractivity contribution < 1.29 is 9.90 Å². The molecule has 1 N–H and O–H groups in total. The summed E-state index contributed by atoms with van der Waals surface area (Å²) in [6, 6.07) is 16.7. The highest BCUT2D eigenvalue weighted by Gasteiger charge is 2.18. The Balaban J connectivity index is 1.77. The topological polar surface area (TPSA) is 37.3 Å². The zero-order chi connectivity index (χ0) is 14.7. The van der Waals surface area contributed by atoms with Gasteiger partial charge in [0.05, 0.1) is 6.42 Å². The van der Waals surface area contributed by atoms with Gasteiger partial charge in [-0.2, -0.15) is 0 Å². The first-order valence-electron chi connectivity index (χ1n) is 7.30. The van der Waals surface area contributed by atoms with Crippen molar-refractivity contribution >= 4 is 11.5 Å². The molecule has 0 spiro atoms. The van der Waals surface area contributed by atoms with E-state index in [1.165, 1.54) is 16.7 Å². The SMILES string of the molecule is O=C(O)CC1=CCc2c(CCc3ccccc3)cccc21. The van der Waals surface area contributed by atoms with Crippen molar-refractivity contribution in [3.63, 3.8) is 0 Å². The third-order valence-corrected chi connectivity index (χ3v) is 4.04. The first-order chi connectivity index (χ1) is 10.2. The molecule has 0 amide bonds. The number of carboxylic acid groups (broad SMARTS) is 1. The lowest BCUT2D eigenvalue weighted by Crippen LogP contribution is -1.99. The predicted octanol–water partition coefficient (Wildman–Crippen LogP) is 3.89. The first-order valence-corrected chi connectivity index (χ1v) is 7.30. The van der Waals surface area contributed by atoms with Crippen LogP contribution in [-0.2, 0) is 24.1 Å². The molecule has 21 heavy (non-hydrogen) atoms. The Morgan fingerprint density at radius 2 is 1.81 bits per heavy atom. The average molecular weight is 278 g/mol. The highest BCUT2D eigenvalue weighted by atomic mass is 16.4. The van der Waals surface area contributed by atoms with Crippen molar-refractivity contribution in [2.45, 2.75) is 25.7 Å². The Morgan fingerprint density at radius 3 is 2.57 bits per heavy atom. The lowest BCUT2D eigenvalue weighted by molar-refractivity contribution is -0.135. The highest BCUT2D eigenvalue weighted by molar-refractivity contribution is 5.87. The second kappa shape index (κ2) is 5.96. The molecule has 1 aliphatic carbocycles. The van der Waals surface area contributed by atoms with E-state index in [4.69, 9.17) is 5.11 Å². The van der Waals surface area contributed by atoms with Crippen molar-refractivity contribution in [2.75, 3.05) is 0 Å². The van der Waals surface area contributed by atoms with Crippen LogP contribution in [0.15, 0.2) is 54.6 Å². The van der Waals surface area contributed by atoms with Gasteiger partial charge in [-0.3, -0.25) is 4.79 Å². The van der Waals surface area contributed by atoms with Gasteiger partial charge in [0.1, 0.15) is 0 Å². The van der Waals surface area contributed by atoms with Gasteiger partial charge in [0.2, 0.25) is 0 Å². The maximum absolute atomic E-state index is 10.9. The molecule has 106 valence electrons. The van der Waals surface area contributed by atoms with Crippen LogP contribution in [0, 0.1) is 0 Å². The first kappa shape index (κ1) is 13.6. The minimum Gasteiger partial charge on any atom is -0.481 e. The molecule has 0 radical (unpaired) electrons. The molecule has 0 saturated heterocycles.